The minimum absolute atomic E-state index is 0.132. The molecular formula is C22H24ClNO5. The molecule has 0 saturated carbocycles. The van der Waals surface area contributed by atoms with Crippen LogP contribution in [0.3, 0.4) is 0 Å². The molecule has 0 unspecified atom stereocenters. The summed E-state index contributed by atoms with van der Waals surface area (Å²) in [5.74, 6) is -0.297. The van der Waals surface area contributed by atoms with Gasteiger partial charge in [-0.1, -0.05) is 23.7 Å². The first-order valence-electron chi connectivity index (χ1n) is 9.57. The Hall–Kier alpha value is -2.57. The van der Waals surface area contributed by atoms with Crippen molar-refractivity contribution in [1.29, 1.82) is 0 Å². The minimum Gasteiger partial charge on any atom is -0.491 e. The predicted octanol–water partition coefficient (Wildman–Crippen LogP) is 3.93. The van der Waals surface area contributed by atoms with Gasteiger partial charge in [-0.05, 0) is 61.7 Å². The first kappa shape index (κ1) is 21.1. The predicted molar refractivity (Wildman–Crippen MR) is 109 cm³/mol. The number of carbonyl (C=O) groups is 2. The molecule has 2 atom stereocenters. The molecule has 0 aliphatic carbocycles. The van der Waals surface area contributed by atoms with Gasteiger partial charge in [0.05, 0.1) is 17.7 Å². The van der Waals surface area contributed by atoms with E-state index in [1.54, 1.807) is 36.4 Å². The van der Waals surface area contributed by atoms with Crippen LogP contribution in [0.15, 0.2) is 48.5 Å². The van der Waals surface area contributed by atoms with Gasteiger partial charge < -0.3 is 19.5 Å². The summed E-state index contributed by atoms with van der Waals surface area (Å²) < 4.78 is 16.3. The number of ether oxygens (including phenoxy) is 3. The number of hydrogen-bond donors (Lipinski definition) is 1. The zero-order valence-electron chi connectivity index (χ0n) is 16.2. The molecule has 1 aliphatic rings. The normalized spacial score (nSPS) is 16.8. The molecule has 1 aliphatic heterocycles. The molecule has 1 saturated heterocycles. The molecule has 1 heterocycles. The summed E-state index contributed by atoms with van der Waals surface area (Å²) in [6.07, 6.45) is 2.19. The van der Waals surface area contributed by atoms with Crippen LogP contribution in [0.1, 0.15) is 41.7 Å². The fraction of sp³-hybridized carbons (Fsp3) is 0.364. The van der Waals surface area contributed by atoms with Gasteiger partial charge >= 0.3 is 5.97 Å². The molecule has 6 nitrogen and oxygen atoms in total. The fourth-order valence-electron chi connectivity index (χ4n) is 3.01. The topological polar surface area (TPSA) is 73.9 Å². The van der Waals surface area contributed by atoms with Crippen LogP contribution in [-0.2, 0) is 14.3 Å². The van der Waals surface area contributed by atoms with Gasteiger partial charge in [0.1, 0.15) is 12.4 Å². The van der Waals surface area contributed by atoms with Crippen molar-refractivity contribution < 1.29 is 23.8 Å². The molecule has 0 spiro atoms. The van der Waals surface area contributed by atoms with Gasteiger partial charge in [-0.3, -0.25) is 4.79 Å². The Kier molecular flexibility index (Phi) is 7.49. The van der Waals surface area contributed by atoms with Crippen LogP contribution >= 0.6 is 11.6 Å². The van der Waals surface area contributed by atoms with Crippen molar-refractivity contribution in [3.05, 3.63) is 64.7 Å². The third-order valence-corrected chi connectivity index (χ3v) is 4.85. The van der Waals surface area contributed by atoms with E-state index in [0.29, 0.717) is 22.9 Å². The summed E-state index contributed by atoms with van der Waals surface area (Å²) in [7, 11) is 0. The molecule has 29 heavy (non-hydrogen) atoms. The zero-order chi connectivity index (χ0) is 20.6. The Labute approximate surface area is 175 Å². The van der Waals surface area contributed by atoms with Crippen molar-refractivity contribution >= 4 is 23.5 Å². The number of rotatable bonds is 8. The molecule has 154 valence electrons. The second-order valence-corrected chi connectivity index (χ2v) is 7.33. The first-order chi connectivity index (χ1) is 14.0. The molecule has 2 aromatic carbocycles. The summed E-state index contributed by atoms with van der Waals surface area (Å²) in [5.41, 5.74) is 1.22. The van der Waals surface area contributed by atoms with Crippen molar-refractivity contribution in [2.75, 3.05) is 19.8 Å². The standard InChI is InChI=1S/C22H24ClNO5/c1-15(17-4-2-5-18(23)12-17)24-21(25)14-29-22(26)16-7-9-19(10-8-16)28-13-20-6-3-11-27-20/h2,4-5,7-10,12,15,20H,3,6,11,13-14H2,1H3,(H,24,25)/t15-,20+/m0/s1. The number of halogens is 1. The van der Waals surface area contributed by atoms with E-state index in [1.165, 1.54) is 0 Å². The largest absolute Gasteiger partial charge is 0.491 e. The van der Waals surface area contributed by atoms with Gasteiger partial charge in [-0.2, -0.15) is 0 Å². The van der Waals surface area contributed by atoms with Crippen molar-refractivity contribution in [3.8, 4) is 5.75 Å². The smallest absolute Gasteiger partial charge is 0.338 e. The Balaban J connectivity index is 1.42. The second-order valence-electron chi connectivity index (χ2n) is 6.89. The highest BCUT2D eigenvalue weighted by Crippen LogP contribution is 2.18. The Morgan fingerprint density at radius 1 is 1.24 bits per heavy atom. The molecule has 1 N–H and O–H groups in total. The molecule has 0 radical (unpaired) electrons. The monoisotopic (exact) mass is 417 g/mol. The van der Waals surface area contributed by atoms with Gasteiger partial charge in [0, 0.05) is 11.6 Å². The lowest BCUT2D eigenvalue weighted by atomic mass is 10.1. The molecule has 3 rings (SSSR count). The van der Waals surface area contributed by atoms with Crippen molar-refractivity contribution in [1.82, 2.24) is 5.32 Å². The van der Waals surface area contributed by atoms with E-state index in [0.717, 1.165) is 25.0 Å². The van der Waals surface area contributed by atoms with Crippen LogP contribution in [0, 0.1) is 0 Å². The Bertz CT molecular complexity index is 833. The Morgan fingerprint density at radius 3 is 2.72 bits per heavy atom. The SMILES string of the molecule is C[C@H](NC(=O)COC(=O)c1ccc(OC[C@H]2CCCO2)cc1)c1cccc(Cl)c1. The van der Waals surface area contributed by atoms with Crippen LogP contribution in [0.5, 0.6) is 5.75 Å². The van der Waals surface area contributed by atoms with E-state index in [-0.39, 0.29) is 24.7 Å². The lowest BCUT2D eigenvalue weighted by molar-refractivity contribution is -0.124. The number of nitrogens with one attached hydrogen (secondary N) is 1. The van der Waals surface area contributed by atoms with Crippen molar-refractivity contribution in [3.63, 3.8) is 0 Å². The van der Waals surface area contributed by atoms with Crippen LogP contribution in [0.4, 0.5) is 0 Å². The summed E-state index contributed by atoms with van der Waals surface area (Å²) >= 11 is 5.96. The molecular weight excluding hydrogens is 394 g/mol. The third-order valence-electron chi connectivity index (χ3n) is 4.61. The average Bonchev–Trinajstić information content (AvgIpc) is 3.24. The van der Waals surface area contributed by atoms with E-state index < -0.39 is 5.97 Å². The summed E-state index contributed by atoms with van der Waals surface area (Å²) in [6, 6.07) is 13.6. The number of hydrogen-bond acceptors (Lipinski definition) is 5. The lowest BCUT2D eigenvalue weighted by Crippen LogP contribution is -2.31. The second kappa shape index (κ2) is 10.3. The van der Waals surface area contributed by atoms with E-state index in [2.05, 4.69) is 5.32 Å². The number of benzene rings is 2. The van der Waals surface area contributed by atoms with Gasteiger partial charge in [0.2, 0.25) is 0 Å². The van der Waals surface area contributed by atoms with Gasteiger partial charge in [-0.25, -0.2) is 4.79 Å². The summed E-state index contributed by atoms with van der Waals surface area (Å²) in [6.45, 7) is 2.75. The van der Waals surface area contributed by atoms with Gasteiger partial charge in [0.15, 0.2) is 6.61 Å². The van der Waals surface area contributed by atoms with Crippen molar-refractivity contribution in [2.45, 2.75) is 31.9 Å². The lowest BCUT2D eigenvalue weighted by Gasteiger charge is -2.15. The van der Waals surface area contributed by atoms with E-state index in [4.69, 9.17) is 25.8 Å². The fourth-order valence-corrected chi connectivity index (χ4v) is 3.21. The highest BCUT2D eigenvalue weighted by atomic mass is 35.5. The molecule has 1 fully saturated rings. The van der Waals surface area contributed by atoms with E-state index >= 15 is 0 Å². The highest BCUT2D eigenvalue weighted by molar-refractivity contribution is 6.30. The average molecular weight is 418 g/mol. The highest BCUT2D eigenvalue weighted by Gasteiger charge is 2.16. The molecule has 2 aromatic rings. The number of carbonyl (C=O) groups excluding carboxylic acids is 2. The third kappa shape index (κ3) is 6.48. The number of amides is 1. The molecule has 7 heteroatoms. The quantitative estimate of drug-likeness (QED) is 0.659. The van der Waals surface area contributed by atoms with E-state index in [9.17, 15) is 9.59 Å². The minimum atomic E-state index is -0.568. The van der Waals surface area contributed by atoms with Crippen LogP contribution in [0.2, 0.25) is 5.02 Å². The van der Waals surface area contributed by atoms with Crippen LogP contribution < -0.4 is 10.1 Å². The van der Waals surface area contributed by atoms with Crippen molar-refractivity contribution in [2.24, 2.45) is 0 Å². The molecule has 1 amide bonds. The van der Waals surface area contributed by atoms with E-state index in [1.807, 2.05) is 19.1 Å². The first-order valence-corrected chi connectivity index (χ1v) is 9.95. The molecule has 0 aromatic heterocycles. The number of esters is 1. The van der Waals surface area contributed by atoms with Gasteiger partial charge in [-0.15, -0.1) is 0 Å². The summed E-state index contributed by atoms with van der Waals surface area (Å²) in [5, 5.41) is 3.37. The maximum atomic E-state index is 12.1. The summed E-state index contributed by atoms with van der Waals surface area (Å²) in [4.78, 5) is 24.2. The maximum absolute atomic E-state index is 12.1. The van der Waals surface area contributed by atoms with Crippen LogP contribution in [-0.4, -0.2) is 37.8 Å². The zero-order valence-corrected chi connectivity index (χ0v) is 17.0. The molecule has 0 bridgehead atoms. The maximum Gasteiger partial charge on any atom is 0.338 e. The Morgan fingerprint density at radius 2 is 2.03 bits per heavy atom. The van der Waals surface area contributed by atoms with Crippen LogP contribution in [0.25, 0.3) is 0 Å². The van der Waals surface area contributed by atoms with Gasteiger partial charge in [0.25, 0.3) is 5.91 Å².